The summed E-state index contributed by atoms with van der Waals surface area (Å²) < 4.78 is -0.371. The number of benzene rings is 1. The number of nitrogens with zero attached hydrogens (tertiary/aromatic N) is 2. The molecule has 4 bridgehead atoms. The highest BCUT2D eigenvalue weighted by atomic mass is 79.9. The van der Waals surface area contributed by atoms with Crippen LogP contribution in [0.3, 0.4) is 0 Å². The Morgan fingerprint density at radius 3 is 2.35 bits per heavy atom. The Hall–Kier alpha value is -0.710. The Morgan fingerprint density at radius 2 is 1.75 bits per heavy atom. The summed E-state index contributed by atoms with van der Waals surface area (Å²) in [7, 11) is 0. The SMILES string of the molecule is Cc1cccc(C23CN4CCN(CC(Br)(C4)C2=O)C3)c1. The van der Waals surface area contributed by atoms with Gasteiger partial charge in [-0.2, -0.15) is 0 Å². The predicted octanol–water partition coefficient (Wildman–Crippen LogP) is 1.58. The van der Waals surface area contributed by atoms with Crippen molar-refractivity contribution in [2.24, 2.45) is 0 Å². The van der Waals surface area contributed by atoms with Gasteiger partial charge in [-0.3, -0.25) is 14.6 Å². The first-order chi connectivity index (χ1) is 9.52. The fraction of sp³-hybridized carbons (Fsp3) is 0.562. The molecule has 1 aromatic rings. The zero-order valence-corrected chi connectivity index (χ0v) is 13.3. The van der Waals surface area contributed by atoms with Gasteiger partial charge in [0.25, 0.3) is 0 Å². The number of hydrogen-bond donors (Lipinski definition) is 0. The Kier molecular flexibility index (Phi) is 2.70. The zero-order chi connectivity index (χ0) is 14.0. The van der Waals surface area contributed by atoms with E-state index in [1.807, 2.05) is 0 Å². The van der Waals surface area contributed by atoms with Gasteiger partial charge in [0.05, 0.1) is 5.41 Å². The molecule has 106 valence electrons. The lowest BCUT2D eigenvalue weighted by molar-refractivity contribution is -0.134. The molecule has 4 aliphatic heterocycles. The van der Waals surface area contributed by atoms with Crippen molar-refractivity contribution in [2.75, 3.05) is 39.3 Å². The van der Waals surface area contributed by atoms with Gasteiger partial charge in [0, 0.05) is 39.3 Å². The lowest BCUT2D eigenvalue weighted by atomic mass is 9.67. The number of fused-ring (bicyclic) bond motifs is 1. The fourth-order valence-corrected chi connectivity index (χ4v) is 5.34. The monoisotopic (exact) mass is 334 g/mol. The summed E-state index contributed by atoms with van der Waals surface area (Å²) in [6, 6.07) is 8.52. The molecule has 5 rings (SSSR count). The van der Waals surface area contributed by atoms with E-state index >= 15 is 0 Å². The third kappa shape index (κ3) is 1.68. The molecule has 4 heteroatoms. The van der Waals surface area contributed by atoms with Gasteiger partial charge in [0.15, 0.2) is 5.78 Å². The van der Waals surface area contributed by atoms with E-state index in [0.717, 1.165) is 39.3 Å². The molecule has 2 atom stereocenters. The molecule has 4 saturated heterocycles. The van der Waals surface area contributed by atoms with Crippen LogP contribution in [0.5, 0.6) is 0 Å². The Bertz CT molecular complexity index is 570. The lowest BCUT2D eigenvalue weighted by Crippen LogP contribution is -2.70. The van der Waals surface area contributed by atoms with Crippen LogP contribution in [-0.2, 0) is 10.2 Å². The van der Waals surface area contributed by atoms with E-state index in [4.69, 9.17) is 0 Å². The minimum absolute atomic E-state index is 0.345. The largest absolute Gasteiger partial charge is 0.299 e. The van der Waals surface area contributed by atoms with Crippen molar-refractivity contribution in [2.45, 2.75) is 16.7 Å². The van der Waals surface area contributed by atoms with Crippen LogP contribution in [0.4, 0.5) is 0 Å². The number of carbonyl (C=O) groups is 1. The number of ketones is 1. The van der Waals surface area contributed by atoms with Gasteiger partial charge in [0.2, 0.25) is 0 Å². The number of Topliss-reactive ketones (excluding diaryl/α,β-unsaturated/α-hetero) is 1. The van der Waals surface area contributed by atoms with E-state index in [9.17, 15) is 4.79 Å². The van der Waals surface area contributed by atoms with Crippen molar-refractivity contribution < 1.29 is 4.79 Å². The van der Waals surface area contributed by atoms with Crippen molar-refractivity contribution >= 4 is 21.7 Å². The van der Waals surface area contributed by atoms with Crippen molar-refractivity contribution in [3.63, 3.8) is 0 Å². The molecule has 4 heterocycles. The maximum absolute atomic E-state index is 13.2. The number of aryl methyl sites for hydroxylation is 1. The second-order valence-corrected chi connectivity index (χ2v) is 8.19. The molecule has 4 fully saturated rings. The smallest absolute Gasteiger partial charge is 0.165 e. The molecule has 0 spiro atoms. The van der Waals surface area contributed by atoms with Crippen LogP contribution in [0.15, 0.2) is 24.3 Å². The summed E-state index contributed by atoms with van der Waals surface area (Å²) in [6.07, 6.45) is 0. The maximum Gasteiger partial charge on any atom is 0.165 e. The van der Waals surface area contributed by atoms with Crippen LogP contribution < -0.4 is 0 Å². The van der Waals surface area contributed by atoms with Crippen molar-refractivity contribution in [1.29, 1.82) is 0 Å². The van der Waals surface area contributed by atoms with Crippen LogP contribution >= 0.6 is 15.9 Å². The van der Waals surface area contributed by atoms with Crippen LogP contribution in [-0.4, -0.2) is 59.2 Å². The highest BCUT2D eigenvalue weighted by Crippen LogP contribution is 2.45. The molecular formula is C16H19BrN2O. The van der Waals surface area contributed by atoms with E-state index in [0.29, 0.717) is 5.78 Å². The predicted molar refractivity (Wildman–Crippen MR) is 82.4 cm³/mol. The molecule has 4 aliphatic rings. The minimum atomic E-state index is -0.371. The first-order valence-electron chi connectivity index (χ1n) is 7.28. The van der Waals surface area contributed by atoms with Gasteiger partial charge >= 0.3 is 0 Å². The van der Waals surface area contributed by atoms with Crippen LogP contribution in [0, 0.1) is 6.92 Å². The molecule has 0 aromatic heterocycles. The summed E-state index contributed by atoms with van der Waals surface area (Å²) in [5, 5.41) is 0. The standard InChI is InChI=1S/C16H19BrN2O/c1-12-3-2-4-13(7-12)15-8-18-5-6-19(9-15)11-16(17,10-18)14(15)20/h2-4,7H,5-6,8-11H2,1H3. The second-order valence-electron chi connectivity index (χ2n) is 6.67. The average Bonchev–Trinajstić information content (AvgIpc) is 2.63. The lowest BCUT2D eigenvalue weighted by Gasteiger charge is -2.52. The van der Waals surface area contributed by atoms with Gasteiger partial charge in [-0.25, -0.2) is 0 Å². The Morgan fingerprint density at radius 1 is 1.10 bits per heavy atom. The van der Waals surface area contributed by atoms with Crippen molar-refractivity contribution in [3.05, 3.63) is 35.4 Å². The van der Waals surface area contributed by atoms with Gasteiger partial charge in [-0.05, 0) is 12.5 Å². The van der Waals surface area contributed by atoms with Crippen LogP contribution in [0.25, 0.3) is 0 Å². The third-order valence-corrected chi connectivity index (χ3v) is 5.94. The molecule has 0 N–H and O–H groups in total. The highest BCUT2D eigenvalue weighted by molar-refractivity contribution is 9.10. The minimum Gasteiger partial charge on any atom is -0.299 e. The normalized spacial score (nSPS) is 42.8. The topological polar surface area (TPSA) is 23.6 Å². The number of rotatable bonds is 1. The third-order valence-electron chi connectivity index (χ3n) is 5.08. The van der Waals surface area contributed by atoms with E-state index < -0.39 is 0 Å². The molecule has 0 aliphatic carbocycles. The average molecular weight is 335 g/mol. The number of carbonyl (C=O) groups excluding carboxylic acids is 1. The number of alkyl halides is 1. The van der Waals surface area contributed by atoms with E-state index in [2.05, 4.69) is 56.9 Å². The fourth-order valence-electron chi connectivity index (χ4n) is 4.26. The summed E-state index contributed by atoms with van der Waals surface area (Å²) in [5.74, 6) is 0.394. The van der Waals surface area contributed by atoms with Crippen molar-refractivity contribution in [1.82, 2.24) is 9.80 Å². The Labute approximate surface area is 128 Å². The molecule has 0 radical (unpaired) electrons. The second kappa shape index (κ2) is 4.15. The molecule has 1 aromatic carbocycles. The molecular weight excluding hydrogens is 316 g/mol. The number of halogens is 1. The van der Waals surface area contributed by atoms with Gasteiger partial charge < -0.3 is 0 Å². The van der Waals surface area contributed by atoms with Crippen LogP contribution in [0.1, 0.15) is 11.1 Å². The molecule has 3 nitrogen and oxygen atoms in total. The summed E-state index contributed by atoms with van der Waals surface area (Å²) in [5.41, 5.74) is 2.09. The first-order valence-corrected chi connectivity index (χ1v) is 8.07. The Balaban J connectivity index is 1.89. The summed E-state index contributed by atoms with van der Waals surface area (Å²) in [4.78, 5) is 18.1. The first kappa shape index (κ1) is 13.0. The summed E-state index contributed by atoms with van der Waals surface area (Å²) in [6.45, 7) is 7.72. The highest BCUT2D eigenvalue weighted by Gasteiger charge is 2.61. The van der Waals surface area contributed by atoms with Gasteiger partial charge in [0.1, 0.15) is 4.32 Å². The zero-order valence-electron chi connectivity index (χ0n) is 11.7. The molecule has 20 heavy (non-hydrogen) atoms. The van der Waals surface area contributed by atoms with Crippen molar-refractivity contribution in [3.8, 4) is 0 Å². The number of hydrogen-bond acceptors (Lipinski definition) is 3. The molecule has 2 unspecified atom stereocenters. The quantitative estimate of drug-likeness (QED) is 0.728. The van der Waals surface area contributed by atoms with E-state index in [1.165, 1.54) is 11.1 Å². The summed E-state index contributed by atoms with van der Waals surface area (Å²) >= 11 is 3.79. The van der Waals surface area contributed by atoms with Crippen LogP contribution in [0.2, 0.25) is 0 Å². The number of piperidine rings is 2. The van der Waals surface area contributed by atoms with E-state index in [1.54, 1.807) is 0 Å². The van der Waals surface area contributed by atoms with Gasteiger partial charge in [-0.1, -0.05) is 45.8 Å². The molecule has 0 saturated carbocycles. The molecule has 0 amide bonds. The van der Waals surface area contributed by atoms with E-state index in [-0.39, 0.29) is 9.74 Å². The maximum atomic E-state index is 13.2. The van der Waals surface area contributed by atoms with Gasteiger partial charge in [-0.15, -0.1) is 0 Å².